The first kappa shape index (κ1) is 33.6. The minimum Gasteiger partial charge on any atom is -0.494 e. The molecule has 44 heavy (non-hydrogen) atoms. The Balaban J connectivity index is 1.72. The largest absolute Gasteiger partial charge is 0.494 e. The number of aryl methyl sites for hydroxylation is 1. The van der Waals surface area contributed by atoms with Gasteiger partial charge < -0.3 is 15.0 Å². The van der Waals surface area contributed by atoms with Crippen LogP contribution in [0.3, 0.4) is 0 Å². The second-order valence-corrected chi connectivity index (χ2v) is 13.6. The molecule has 1 aliphatic carbocycles. The molecule has 0 unspecified atom stereocenters. The van der Waals surface area contributed by atoms with Crippen LogP contribution in [0, 0.1) is 6.92 Å². The molecule has 0 aliphatic heterocycles. The number of sulfonamides is 1. The smallest absolute Gasteiger partial charge is 0.264 e. The number of hydrogen-bond donors (Lipinski definition) is 1. The lowest BCUT2D eigenvalue weighted by Crippen LogP contribution is -2.53. The number of anilines is 1. The van der Waals surface area contributed by atoms with Crippen LogP contribution in [0.4, 0.5) is 5.69 Å². The summed E-state index contributed by atoms with van der Waals surface area (Å²) < 4.78 is 34.8. The molecule has 2 amide bonds. The van der Waals surface area contributed by atoms with E-state index in [9.17, 15) is 18.0 Å². The van der Waals surface area contributed by atoms with Crippen molar-refractivity contribution < 1.29 is 22.7 Å². The molecule has 3 aromatic carbocycles. The van der Waals surface area contributed by atoms with Crippen LogP contribution in [0.5, 0.6) is 5.75 Å². The summed E-state index contributed by atoms with van der Waals surface area (Å²) in [6, 6.07) is 17.3. The number of nitrogens with one attached hydrogen (secondary N) is 1. The number of halogens is 2. The first-order valence-electron chi connectivity index (χ1n) is 14.9. The van der Waals surface area contributed by atoms with Crippen molar-refractivity contribution in [1.82, 2.24) is 10.2 Å². The lowest BCUT2D eigenvalue weighted by atomic mass is 10.1. The van der Waals surface area contributed by atoms with E-state index in [2.05, 4.69) is 5.32 Å². The Bertz CT molecular complexity index is 1540. The van der Waals surface area contributed by atoms with E-state index in [0.29, 0.717) is 40.1 Å². The normalized spacial score (nSPS) is 14.2. The molecular formula is C33H39Cl2N3O5S. The van der Waals surface area contributed by atoms with Gasteiger partial charge in [0.15, 0.2) is 0 Å². The molecule has 0 spiro atoms. The van der Waals surface area contributed by atoms with E-state index in [0.717, 1.165) is 35.6 Å². The molecule has 3 aromatic rings. The zero-order valence-electron chi connectivity index (χ0n) is 25.3. The summed E-state index contributed by atoms with van der Waals surface area (Å²) in [5.74, 6) is -0.220. The zero-order chi connectivity index (χ0) is 31.9. The van der Waals surface area contributed by atoms with Gasteiger partial charge in [-0.2, -0.15) is 0 Å². The van der Waals surface area contributed by atoms with Gasteiger partial charge in [-0.3, -0.25) is 13.9 Å². The van der Waals surface area contributed by atoms with Crippen LogP contribution in [-0.2, 0) is 26.2 Å². The van der Waals surface area contributed by atoms with Gasteiger partial charge in [-0.15, -0.1) is 0 Å². The maximum Gasteiger partial charge on any atom is 0.264 e. The highest BCUT2D eigenvalue weighted by atomic mass is 35.5. The highest BCUT2D eigenvalue weighted by Gasteiger charge is 2.34. The topological polar surface area (TPSA) is 96.0 Å². The van der Waals surface area contributed by atoms with Gasteiger partial charge in [-0.05, 0) is 87.2 Å². The lowest BCUT2D eigenvalue weighted by molar-refractivity contribution is -0.140. The van der Waals surface area contributed by atoms with E-state index in [1.807, 2.05) is 20.8 Å². The monoisotopic (exact) mass is 659 g/mol. The molecule has 0 bridgehead atoms. The molecule has 4 rings (SSSR count). The molecule has 236 valence electrons. The molecule has 8 nitrogen and oxygen atoms in total. The van der Waals surface area contributed by atoms with Crippen LogP contribution in [0.2, 0.25) is 10.0 Å². The average Bonchev–Trinajstić information content (AvgIpc) is 3.51. The van der Waals surface area contributed by atoms with Crippen LogP contribution in [0.25, 0.3) is 0 Å². The van der Waals surface area contributed by atoms with Crippen LogP contribution in [0.1, 0.15) is 57.1 Å². The zero-order valence-corrected chi connectivity index (χ0v) is 27.6. The number of benzene rings is 3. The van der Waals surface area contributed by atoms with Crippen molar-refractivity contribution in [2.45, 2.75) is 76.4 Å². The summed E-state index contributed by atoms with van der Waals surface area (Å²) in [6.45, 7) is 5.52. The van der Waals surface area contributed by atoms with Crippen LogP contribution in [-0.4, -0.2) is 50.4 Å². The van der Waals surface area contributed by atoms with Gasteiger partial charge in [0.2, 0.25) is 11.8 Å². The third kappa shape index (κ3) is 8.25. The minimum absolute atomic E-state index is 0.0357. The molecule has 1 aliphatic rings. The molecule has 1 N–H and O–H groups in total. The Hall–Kier alpha value is -3.27. The first-order chi connectivity index (χ1) is 21.0. The van der Waals surface area contributed by atoms with Gasteiger partial charge in [-0.1, -0.05) is 66.7 Å². The van der Waals surface area contributed by atoms with Gasteiger partial charge in [0.25, 0.3) is 10.0 Å². The van der Waals surface area contributed by atoms with Gasteiger partial charge in [-0.25, -0.2) is 8.42 Å². The summed E-state index contributed by atoms with van der Waals surface area (Å²) in [6.07, 6.45) is 4.20. The third-order valence-corrected chi connectivity index (χ3v) is 10.3. The minimum atomic E-state index is -4.18. The summed E-state index contributed by atoms with van der Waals surface area (Å²) in [4.78, 5) is 29.4. The Morgan fingerprint density at radius 1 is 0.955 bits per heavy atom. The second kappa shape index (κ2) is 15.1. The molecule has 1 fully saturated rings. The molecule has 0 aromatic heterocycles. The van der Waals surface area contributed by atoms with Crippen molar-refractivity contribution in [1.29, 1.82) is 0 Å². The van der Waals surface area contributed by atoms with Gasteiger partial charge in [0, 0.05) is 12.6 Å². The van der Waals surface area contributed by atoms with Crippen LogP contribution < -0.4 is 14.4 Å². The van der Waals surface area contributed by atoms with Crippen LogP contribution >= 0.6 is 23.2 Å². The van der Waals surface area contributed by atoms with Crippen molar-refractivity contribution in [3.05, 3.63) is 87.9 Å². The fourth-order valence-corrected chi connectivity index (χ4v) is 7.10. The maximum atomic E-state index is 14.3. The molecule has 1 saturated carbocycles. The van der Waals surface area contributed by atoms with Gasteiger partial charge >= 0.3 is 0 Å². The number of carbonyl (C=O) groups is 2. The van der Waals surface area contributed by atoms with Crippen molar-refractivity contribution >= 4 is 50.7 Å². The number of rotatable bonds is 13. The molecule has 1 atom stereocenters. The summed E-state index contributed by atoms with van der Waals surface area (Å²) in [5.41, 5.74) is 1.86. The van der Waals surface area contributed by atoms with E-state index in [4.69, 9.17) is 27.9 Å². The maximum absolute atomic E-state index is 14.3. The Morgan fingerprint density at radius 3 is 2.20 bits per heavy atom. The number of amides is 2. The van der Waals surface area contributed by atoms with E-state index in [1.165, 1.54) is 17.0 Å². The first-order valence-corrected chi connectivity index (χ1v) is 17.1. The van der Waals surface area contributed by atoms with Crippen molar-refractivity contribution in [2.75, 3.05) is 17.5 Å². The number of hydrogen-bond acceptors (Lipinski definition) is 5. The fourth-order valence-electron chi connectivity index (χ4n) is 5.36. The van der Waals surface area contributed by atoms with E-state index >= 15 is 0 Å². The highest BCUT2D eigenvalue weighted by molar-refractivity contribution is 7.92. The standard InChI is InChI=1S/C33H39Cl2N3O5S/c1-4-31(33(40)36-25-8-6-7-9-25)37(21-24-12-19-29(34)30(35)20-24)32(39)22-38(26-13-15-27(16-14-26)43-5-2)44(41,42)28-17-10-23(3)11-18-28/h10-20,25,31H,4-9,21-22H2,1-3H3,(H,36,40)/t31-/m0/s1. The Morgan fingerprint density at radius 2 is 1.61 bits per heavy atom. The number of nitrogens with zero attached hydrogens (tertiary/aromatic N) is 2. The van der Waals surface area contributed by atoms with Crippen molar-refractivity contribution in [3.63, 3.8) is 0 Å². The third-order valence-electron chi connectivity index (χ3n) is 7.75. The predicted molar refractivity (Wildman–Crippen MR) is 175 cm³/mol. The average molecular weight is 661 g/mol. The van der Waals surface area contributed by atoms with Gasteiger partial charge in [0.05, 0.1) is 27.2 Å². The number of ether oxygens (including phenoxy) is 1. The number of carbonyl (C=O) groups excluding carboxylic acids is 2. The van der Waals surface area contributed by atoms with Gasteiger partial charge in [0.1, 0.15) is 18.3 Å². The summed E-state index contributed by atoms with van der Waals surface area (Å²) >= 11 is 12.4. The Kier molecular flexibility index (Phi) is 11.6. The summed E-state index contributed by atoms with van der Waals surface area (Å²) in [7, 11) is -4.18. The van der Waals surface area contributed by atoms with E-state index < -0.39 is 28.5 Å². The lowest BCUT2D eigenvalue weighted by Gasteiger charge is -2.34. The van der Waals surface area contributed by atoms with Crippen molar-refractivity contribution in [3.8, 4) is 5.75 Å². The van der Waals surface area contributed by atoms with E-state index in [1.54, 1.807) is 54.6 Å². The molecule has 0 heterocycles. The van der Waals surface area contributed by atoms with E-state index in [-0.39, 0.29) is 23.4 Å². The van der Waals surface area contributed by atoms with Crippen LogP contribution in [0.15, 0.2) is 71.6 Å². The quantitative estimate of drug-likeness (QED) is 0.219. The fraction of sp³-hybridized carbons (Fsp3) is 0.394. The molecule has 0 radical (unpaired) electrons. The highest BCUT2D eigenvalue weighted by Crippen LogP contribution is 2.28. The molecular weight excluding hydrogens is 621 g/mol. The Labute approximate surface area is 270 Å². The predicted octanol–water partition coefficient (Wildman–Crippen LogP) is 6.76. The second-order valence-electron chi connectivity index (χ2n) is 10.9. The van der Waals surface area contributed by atoms with Crippen molar-refractivity contribution in [2.24, 2.45) is 0 Å². The SMILES string of the molecule is CCOc1ccc(N(CC(=O)N(Cc2ccc(Cl)c(Cl)c2)[C@@H](CC)C(=O)NC2CCCC2)S(=O)(=O)c2ccc(C)cc2)cc1. The molecule has 0 saturated heterocycles. The molecule has 11 heteroatoms. The summed E-state index contributed by atoms with van der Waals surface area (Å²) in [5, 5.41) is 3.79.